The van der Waals surface area contributed by atoms with Crippen LogP contribution in [0.3, 0.4) is 0 Å². The Bertz CT molecular complexity index is 889. The number of carbonyl (C=O) groups is 1. The van der Waals surface area contributed by atoms with E-state index in [-0.39, 0.29) is 11.9 Å². The van der Waals surface area contributed by atoms with E-state index in [1.165, 1.54) is 11.1 Å². The molecule has 0 radical (unpaired) electrons. The van der Waals surface area contributed by atoms with E-state index in [1.54, 1.807) is 6.20 Å². The number of fused-ring (bicyclic) bond motifs is 1. The van der Waals surface area contributed by atoms with Gasteiger partial charge in [-0.15, -0.1) is 0 Å². The van der Waals surface area contributed by atoms with Crippen molar-refractivity contribution < 1.29 is 9.53 Å². The molecule has 3 fully saturated rings. The van der Waals surface area contributed by atoms with Crippen molar-refractivity contribution in [3.63, 3.8) is 0 Å². The fraction of sp³-hybridized carbons (Fsp3) is 0.565. The van der Waals surface area contributed by atoms with Crippen LogP contribution in [0.2, 0.25) is 0 Å². The van der Waals surface area contributed by atoms with Gasteiger partial charge in [0.05, 0.1) is 12.2 Å². The van der Waals surface area contributed by atoms with Crippen LogP contribution in [0.15, 0.2) is 30.5 Å². The zero-order valence-corrected chi connectivity index (χ0v) is 17.3. The first-order chi connectivity index (χ1) is 14.1. The summed E-state index contributed by atoms with van der Waals surface area (Å²) in [5.41, 5.74) is 3.15. The Labute approximate surface area is 172 Å². The molecule has 3 atom stereocenters. The van der Waals surface area contributed by atoms with E-state index in [2.05, 4.69) is 51.0 Å². The molecular formula is C23H30N4O2. The molecule has 0 spiro atoms. The number of hydrogen-bond acceptors (Lipinski definition) is 4. The number of aromatic amines is 1. The standard InChI is InChI=1S/C23H30N4O2/c1-15-5-3-4-6-19(15)22-20-14-26(18-7-9-29-10-8-18)12-17(20)13-27(22)23(28)21-11-24-16(2)25-21/h3-6,11,17-18,20,22H,7-10,12-14H2,1-2H3,(H,24,25)/t17-,20-,22+/m0/s1. The molecule has 2 aromatic rings. The molecule has 3 saturated heterocycles. The van der Waals surface area contributed by atoms with Crippen molar-refractivity contribution in [2.45, 2.75) is 38.8 Å². The van der Waals surface area contributed by atoms with Gasteiger partial charge in [0.1, 0.15) is 11.5 Å². The molecule has 154 valence electrons. The van der Waals surface area contributed by atoms with Crippen molar-refractivity contribution in [2.24, 2.45) is 11.8 Å². The maximum atomic E-state index is 13.4. The van der Waals surface area contributed by atoms with Gasteiger partial charge < -0.3 is 14.6 Å². The maximum absolute atomic E-state index is 13.4. The van der Waals surface area contributed by atoms with Gasteiger partial charge in [0.2, 0.25) is 0 Å². The lowest BCUT2D eigenvalue weighted by Crippen LogP contribution is -2.41. The van der Waals surface area contributed by atoms with Crippen LogP contribution in [-0.2, 0) is 4.74 Å². The number of carbonyl (C=O) groups excluding carboxylic acids is 1. The Balaban J connectivity index is 1.45. The van der Waals surface area contributed by atoms with Gasteiger partial charge in [0.15, 0.2) is 0 Å². The first-order valence-electron chi connectivity index (χ1n) is 10.8. The molecule has 1 aromatic heterocycles. The van der Waals surface area contributed by atoms with Crippen molar-refractivity contribution in [2.75, 3.05) is 32.8 Å². The van der Waals surface area contributed by atoms with E-state index >= 15 is 0 Å². The van der Waals surface area contributed by atoms with Crippen molar-refractivity contribution in [1.82, 2.24) is 19.8 Å². The number of hydrogen-bond donors (Lipinski definition) is 1. The second-order valence-electron chi connectivity index (χ2n) is 8.86. The van der Waals surface area contributed by atoms with Gasteiger partial charge in [-0.2, -0.15) is 0 Å². The summed E-state index contributed by atoms with van der Waals surface area (Å²) in [5, 5.41) is 0. The lowest BCUT2D eigenvalue weighted by atomic mass is 9.87. The molecule has 1 N–H and O–H groups in total. The Kier molecular flexibility index (Phi) is 4.92. The van der Waals surface area contributed by atoms with Gasteiger partial charge in [-0.3, -0.25) is 9.69 Å². The Morgan fingerprint density at radius 3 is 2.66 bits per heavy atom. The first-order valence-corrected chi connectivity index (χ1v) is 10.8. The average molecular weight is 395 g/mol. The van der Waals surface area contributed by atoms with Crippen LogP contribution >= 0.6 is 0 Å². The quantitative estimate of drug-likeness (QED) is 0.870. The van der Waals surface area contributed by atoms with Crippen LogP contribution in [-0.4, -0.2) is 64.6 Å². The fourth-order valence-corrected chi connectivity index (χ4v) is 5.64. The minimum absolute atomic E-state index is 0.0749. The molecule has 6 nitrogen and oxygen atoms in total. The number of aromatic nitrogens is 2. The molecule has 0 bridgehead atoms. The van der Waals surface area contributed by atoms with Crippen molar-refractivity contribution in [1.29, 1.82) is 0 Å². The van der Waals surface area contributed by atoms with Crippen molar-refractivity contribution in [3.05, 3.63) is 53.1 Å². The van der Waals surface area contributed by atoms with Crippen LogP contribution in [0.4, 0.5) is 0 Å². The minimum atomic E-state index is 0.0749. The Hall–Kier alpha value is -2.18. The summed E-state index contributed by atoms with van der Waals surface area (Å²) in [7, 11) is 0. The fourth-order valence-electron chi connectivity index (χ4n) is 5.64. The topological polar surface area (TPSA) is 61.5 Å². The van der Waals surface area contributed by atoms with Gasteiger partial charge in [0, 0.05) is 44.8 Å². The van der Waals surface area contributed by atoms with Gasteiger partial charge >= 0.3 is 0 Å². The van der Waals surface area contributed by atoms with Crippen LogP contribution in [0.25, 0.3) is 0 Å². The number of nitrogens with zero attached hydrogens (tertiary/aromatic N) is 3. The Morgan fingerprint density at radius 1 is 1.14 bits per heavy atom. The normalized spacial score (nSPS) is 28.1. The number of aryl methyl sites for hydroxylation is 2. The third-order valence-electron chi connectivity index (χ3n) is 7.10. The summed E-state index contributed by atoms with van der Waals surface area (Å²) in [5.74, 6) is 1.86. The lowest BCUT2D eigenvalue weighted by molar-refractivity contribution is 0.0361. The predicted molar refractivity (Wildman–Crippen MR) is 111 cm³/mol. The largest absolute Gasteiger partial charge is 0.381 e. The highest BCUT2D eigenvalue weighted by Crippen LogP contribution is 2.47. The van der Waals surface area contributed by atoms with E-state index in [1.807, 2.05) is 6.92 Å². The summed E-state index contributed by atoms with van der Waals surface area (Å²) in [6.07, 6.45) is 3.93. The number of imidazole rings is 1. The summed E-state index contributed by atoms with van der Waals surface area (Å²) in [6.45, 7) is 8.78. The summed E-state index contributed by atoms with van der Waals surface area (Å²) < 4.78 is 5.57. The van der Waals surface area contributed by atoms with E-state index < -0.39 is 0 Å². The third-order valence-corrected chi connectivity index (χ3v) is 7.10. The Morgan fingerprint density at radius 2 is 1.93 bits per heavy atom. The smallest absolute Gasteiger partial charge is 0.272 e. The van der Waals surface area contributed by atoms with Crippen LogP contribution in [0.1, 0.15) is 46.3 Å². The monoisotopic (exact) mass is 394 g/mol. The van der Waals surface area contributed by atoms with Crippen molar-refractivity contribution in [3.8, 4) is 0 Å². The second-order valence-corrected chi connectivity index (χ2v) is 8.86. The van der Waals surface area contributed by atoms with Gasteiger partial charge in [0.25, 0.3) is 5.91 Å². The minimum Gasteiger partial charge on any atom is -0.381 e. The number of nitrogens with one attached hydrogen (secondary N) is 1. The van der Waals surface area contributed by atoms with E-state index in [4.69, 9.17) is 4.74 Å². The molecule has 4 heterocycles. The first kappa shape index (κ1) is 18.8. The molecule has 0 saturated carbocycles. The highest BCUT2D eigenvalue weighted by molar-refractivity contribution is 5.92. The second kappa shape index (κ2) is 7.58. The summed E-state index contributed by atoms with van der Waals surface area (Å²) in [4.78, 5) is 25.6. The molecule has 6 heteroatoms. The summed E-state index contributed by atoms with van der Waals surface area (Å²) >= 11 is 0. The van der Waals surface area contributed by atoms with Gasteiger partial charge in [-0.25, -0.2) is 4.98 Å². The predicted octanol–water partition coefficient (Wildman–Crippen LogP) is 2.95. The summed E-state index contributed by atoms with van der Waals surface area (Å²) in [6, 6.07) is 9.31. The van der Waals surface area contributed by atoms with Crippen LogP contribution in [0, 0.1) is 25.7 Å². The molecule has 5 rings (SSSR count). The number of amides is 1. The number of ether oxygens (including phenoxy) is 1. The van der Waals surface area contributed by atoms with Crippen LogP contribution < -0.4 is 0 Å². The van der Waals surface area contributed by atoms with Crippen LogP contribution in [0.5, 0.6) is 0 Å². The molecule has 3 aliphatic heterocycles. The number of likely N-dealkylation sites (tertiary alicyclic amines) is 2. The van der Waals surface area contributed by atoms with Gasteiger partial charge in [-0.1, -0.05) is 24.3 Å². The average Bonchev–Trinajstić information content (AvgIpc) is 3.43. The lowest BCUT2D eigenvalue weighted by Gasteiger charge is -2.34. The molecule has 0 aliphatic carbocycles. The highest BCUT2D eigenvalue weighted by atomic mass is 16.5. The molecule has 1 aromatic carbocycles. The maximum Gasteiger partial charge on any atom is 0.272 e. The molecule has 29 heavy (non-hydrogen) atoms. The molecule has 0 unspecified atom stereocenters. The number of benzene rings is 1. The van der Waals surface area contributed by atoms with E-state index in [0.29, 0.717) is 23.6 Å². The molecule has 3 aliphatic rings. The number of H-pyrrole nitrogens is 1. The zero-order chi connectivity index (χ0) is 20.0. The SMILES string of the molecule is Cc1ncc(C(=O)N2C[C@@H]3CN(C4CCOCC4)C[C@@H]3[C@H]2c2ccccc2C)[nH]1. The highest BCUT2D eigenvalue weighted by Gasteiger charge is 2.50. The zero-order valence-electron chi connectivity index (χ0n) is 17.3. The third kappa shape index (κ3) is 3.38. The van der Waals surface area contributed by atoms with E-state index in [9.17, 15) is 4.79 Å². The molecular weight excluding hydrogens is 364 g/mol. The van der Waals surface area contributed by atoms with Gasteiger partial charge in [-0.05, 0) is 43.7 Å². The van der Waals surface area contributed by atoms with Crippen molar-refractivity contribution >= 4 is 5.91 Å². The molecule has 1 amide bonds. The number of rotatable bonds is 3. The van der Waals surface area contributed by atoms with E-state index in [0.717, 1.165) is 51.5 Å².